The summed E-state index contributed by atoms with van der Waals surface area (Å²) in [5, 5.41) is 6.59. The number of benzene rings is 1. The highest BCUT2D eigenvalue weighted by Crippen LogP contribution is 2.35. The zero-order valence-corrected chi connectivity index (χ0v) is 12.5. The molecule has 0 saturated carbocycles. The maximum atomic E-state index is 12.8. The summed E-state index contributed by atoms with van der Waals surface area (Å²) < 4.78 is 39.8. The van der Waals surface area contributed by atoms with E-state index in [-0.39, 0.29) is 16.6 Å². The van der Waals surface area contributed by atoms with Gasteiger partial charge in [0.1, 0.15) is 0 Å². The van der Waals surface area contributed by atoms with Crippen molar-refractivity contribution in [2.24, 2.45) is 7.05 Å². The van der Waals surface area contributed by atoms with Gasteiger partial charge in [0.25, 0.3) is 5.91 Å². The number of rotatable bonds is 3. The third-order valence-corrected chi connectivity index (χ3v) is 3.42. The van der Waals surface area contributed by atoms with Gasteiger partial charge in [0.2, 0.25) is 0 Å². The average Bonchev–Trinajstić information content (AvgIpc) is 2.81. The van der Waals surface area contributed by atoms with Gasteiger partial charge in [-0.05, 0) is 24.3 Å². The molecule has 0 radical (unpaired) electrons. The van der Waals surface area contributed by atoms with E-state index in [1.807, 2.05) is 0 Å². The molecule has 0 aliphatic rings. The summed E-state index contributed by atoms with van der Waals surface area (Å²) >= 11 is 2.83. The number of aryl methyl sites for hydroxylation is 1. The fourth-order valence-electron chi connectivity index (χ4n) is 1.71. The number of hydrogen-bond donors (Lipinski definition) is 1. The molecular weight excluding hydrogens is 351 g/mol. The van der Waals surface area contributed by atoms with Gasteiger partial charge in [-0.1, -0.05) is 15.9 Å². The van der Waals surface area contributed by atoms with Crippen LogP contribution in [0.25, 0.3) is 0 Å². The second kappa shape index (κ2) is 5.88. The number of alkyl halides is 3. The molecule has 0 fully saturated rings. The molecule has 0 saturated heterocycles. The van der Waals surface area contributed by atoms with Gasteiger partial charge >= 0.3 is 6.18 Å². The lowest BCUT2D eigenvalue weighted by atomic mass is 10.1. The van der Waals surface area contributed by atoms with E-state index in [2.05, 4.69) is 26.3 Å². The number of amides is 1. The number of halogens is 4. The van der Waals surface area contributed by atoms with E-state index in [1.54, 1.807) is 24.0 Å². The molecule has 0 spiro atoms. The molecule has 0 aliphatic heterocycles. The molecule has 1 aromatic heterocycles. The van der Waals surface area contributed by atoms with Crippen LogP contribution < -0.4 is 5.32 Å². The van der Waals surface area contributed by atoms with E-state index in [9.17, 15) is 18.0 Å². The van der Waals surface area contributed by atoms with Gasteiger partial charge in [-0.25, -0.2) is 0 Å². The first-order valence-electron chi connectivity index (χ1n) is 5.91. The first-order valence-corrected chi connectivity index (χ1v) is 6.70. The van der Waals surface area contributed by atoms with Crippen molar-refractivity contribution in [3.8, 4) is 0 Å². The number of nitrogens with zero attached hydrogens (tertiary/aromatic N) is 2. The summed E-state index contributed by atoms with van der Waals surface area (Å²) in [5.41, 5.74) is -0.312. The number of carbonyl (C=O) groups is 1. The summed E-state index contributed by atoms with van der Waals surface area (Å²) in [6, 6.07) is 5.06. The van der Waals surface area contributed by atoms with Crippen molar-refractivity contribution in [2.45, 2.75) is 12.7 Å². The number of hydrogen-bond acceptors (Lipinski definition) is 2. The first-order chi connectivity index (χ1) is 9.77. The van der Waals surface area contributed by atoms with E-state index in [1.165, 1.54) is 12.1 Å². The van der Waals surface area contributed by atoms with Gasteiger partial charge in [0, 0.05) is 23.3 Å². The molecule has 2 aromatic rings. The summed E-state index contributed by atoms with van der Waals surface area (Å²) in [4.78, 5) is 11.9. The molecule has 0 atom stereocenters. The molecule has 8 heteroatoms. The summed E-state index contributed by atoms with van der Waals surface area (Å²) in [5.74, 6) is -0.585. The van der Waals surface area contributed by atoms with Crippen molar-refractivity contribution < 1.29 is 18.0 Å². The van der Waals surface area contributed by atoms with Crippen molar-refractivity contribution in [3.05, 3.63) is 51.8 Å². The monoisotopic (exact) mass is 361 g/mol. The highest BCUT2D eigenvalue weighted by Gasteiger charge is 2.33. The SMILES string of the molecule is Cn1ccc(CNC(=O)c2ccc(Br)c(C(F)(F)F)c2)n1. The van der Waals surface area contributed by atoms with Crippen LogP contribution >= 0.6 is 15.9 Å². The van der Waals surface area contributed by atoms with Crippen molar-refractivity contribution in [1.82, 2.24) is 15.1 Å². The van der Waals surface area contributed by atoms with E-state index in [0.29, 0.717) is 5.69 Å². The quantitative estimate of drug-likeness (QED) is 0.912. The minimum absolute atomic E-state index is 0.0542. The molecule has 0 aliphatic carbocycles. The molecule has 1 heterocycles. The van der Waals surface area contributed by atoms with Crippen LogP contribution in [0.1, 0.15) is 21.6 Å². The Kier molecular flexibility index (Phi) is 4.36. The zero-order valence-electron chi connectivity index (χ0n) is 10.9. The molecule has 1 amide bonds. The lowest BCUT2D eigenvalue weighted by Gasteiger charge is -2.11. The Morgan fingerprint density at radius 3 is 2.67 bits per heavy atom. The Morgan fingerprint density at radius 1 is 1.38 bits per heavy atom. The highest BCUT2D eigenvalue weighted by atomic mass is 79.9. The molecule has 4 nitrogen and oxygen atoms in total. The lowest BCUT2D eigenvalue weighted by molar-refractivity contribution is -0.138. The van der Waals surface area contributed by atoms with Crippen LogP contribution in [0, 0.1) is 0 Å². The average molecular weight is 362 g/mol. The smallest absolute Gasteiger partial charge is 0.346 e. The maximum Gasteiger partial charge on any atom is 0.417 e. The fraction of sp³-hybridized carbons (Fsp3) is 0.231. The van der Waals surface area contributed by atoms with Crippen molar-refractivity contribution in [3.63, 3.8) is 0 Å². The van der Waals surface area contributed by atoms with E-state index >= 15 is 0 Å². The second-order valence-corrected chi connectivity index (χ2v) is 5.21. The predicted molar refractivity (Wildman–Crippen MR) is 73.5 cm³/mol. The Labute approximate surface area is 127 Å². The van der Waals surface area contributed by atoms with Crippen molar-refractivity contribution >= 4 is 21.8 Å². The van der Waals surface area contributed by atoms with Crippen LogP contribution in [0.5, 0.6) is 0 Å². The third-order valence-electron chi connectivity index (χ3n) is 2.73. The first kappa shape index (κ1) is 15.6. The summed E-state index contributed by atoms with van der Waals surface area (Å²) in [6.45, 7) is 0.150. The highest BCUT2D eigenvalue weighted by molar-refractivity contribution is 9.10. The van der Waals surface area contributed by atoms with E-state index in [4.69, 9.17) is 0 Å². The largest absolute Gasteiger partial charge is 0.417 e. The summed E-state index contributed by atoms with van der Waals surface area (Å²) in [6.07, 6.45) is -2.81. The van der Waals surface area contributed by atoms with Crippen molar-refractivity contribution in [1.29, 1.82) is 0 Å². The van der Waals surface area contributed by atoms with Gasteiger partial charge in [-0.3, -0.25) is 9.48 Å². The minimum Gasteiger partial charge on any atom is -0.346 e. The van der Waals surface area contributed by atoms with Gasteiger partial charge in [0.15, 0.2) is 0 Å². The summed E-state index contributed by atoms with van der Waals surface area (Å²) in [7, 11) is 1.73. The Bertz CT molecular complexity index is 667. The van der Waals surface area contributed by atoms with Crippen LogP contribution in [-0.2, 0) is 19.8 Å². The van der Waals surface area contributed by atoms with Gasteiger partial charge in [0.05, 0.1) is 17.8 Å². The number of carbonyl (C=O) groups excluding carboxylic acids is 1. The minimum atomic E-state index is -4.52. The van der Waals surface area contributed by atoms with Crippen LogP contribution in [0.4, 0.5) is 13.2 Å². The second-order valence-electron chi connectivity index (χ2n) is 4.36. The van der Waals surface area contributed by atoms with E-state index < -0.39 is 17.6 Å². The van der Waals surface area contributed by atoms with E-state index in [0.717, 1.165) is 6.07 Å². The lowest BCUT2D eigenvalue weighted by Crippen LogP contribution is -2.23. The normalized spacial score (nSPS) is 11.5. The molecule has 1 aromatic carbocycles. The van der Waals surface area contributed by atoms with Crippen LogP contribution in [0.15, 0.2) is 34.9 Å². The molecule has 1 N–H and O–H groups in total. The molecular formula is C13H11BrF3N3O. The maximum absolute atomic E-state index is 12.8. The van der Waals surface area contributed by atoms with Crippen molar-refractivity contribution in [2.75, 3.05) is 0 Å². The molecule has 2 rings (SSSR count). The molecule has 0 bridgehead atoms. The number of aromatic nitrogens is 2. The Hall–Kier alpha value is -1.83. The van der Waals surface area contributed by atoms with Gasteiger partial charge in [-0.2, -0.15) is 18.3 Å². The third kappa shape index (κ3) is 3.84. The Balaban J connectivity index is 2.12. The van der Waals surface area contributed by atoms with Crippen LogP contribution in [-0.4, -0.2) is 15.7 Å². The molecule has 112 valence electrons. The zero-order chi connectivity index (χ0) is 15.6. The fourth-order valence-corrected chi connectivity index (χ4v) is 2.19. The van der Waals surface area contributed by atoms with Crippen LogP contribution in [0.3, 0.4) is 0 Å². The van der Waals surface area contributed by atoms with Gasteiger partial charge < -0.3 is 5.32 Å². The standard InChI is InChI=1S/C13H11BrF3N3O/c1-20-5-4-9(19-20)7-18-12(21)8-2-3-11(14)10(6-8)13(15,16)17/h2-6H,7H2,1H3,(H,18,21). The van der Waals surface area contributed by atoms with Crippen LogP contribution in [0.2, 0.25) is 0 Å². The Morgan fingerprint density at radius 2 is 2.10 bits per heavy atom. The topological polar surface area (TPSA) is 46.9 Å². The molecule has 21 heavy (non-hydrogen) atoms. The number of nitrogens with one attached hydrogen (secondary N) is 1. The predicted octanol–water partition coefficient (Wildman–Crippen LogP) is 3.13. The molecule has 0 unspecified atom stereocenters. The van der Waals surface area contributed by atoms with Gasteiger partial charge in [-0.15, -0.1) is 0 Å².